The molecule has 0 aliphatic carbocycles. The van der Waals surface area contributed by atoms with Crippen LogP contribution in [0.2, 0.25) is 0 Å². The fourth-order valence-electron chi connectivity index (χ4n) is 3.02. The molecule has 0 aromatic carbocycles. The van der Waals surface area contributed by atoms with Crippen LogP contribution in [0.5, 0.6) is 0 Å². The maximum atomic E-state index is 12.6. The third kappa shape index (κ3) is 3.60. The van der Waals surface area contributed by atoms with Crippen LogP contribution in [0, 0.1) is 5.92 Å². The van der Waals surface area contributed by atoms with Gasteiger partial charge >= 0.3 is 0 Å². The van der Waals surface area contributed by atoms with Gasteiger partial charge in [-0.05, 0) is 24.8 Å². The number of carbonyl (C=O) groups excluding carboxylic acids is 2. The Morgan fingerprint density at radius 3 is 2.52 bits per heavy atom. The lowest BCUT2D eigenvalue weighted by Crippen LogP contribution is -2.46. The second-order valence-electron chi connectivity index (χ2n) is 6.35. The quantitative estimate of drug-likeness (QED) is 0.765. The van der Waals surface area contributed by atoms with Crippen LogP contribution in [0.3, 0.4) is 0 Å². The Labute approximate surface area is 136 Å². The molecule has 1 aromatic heterocycles. The molecule has 7 heteroatoms. The van der Waals surface area contributed by atoms with Gasteiger partial charge in [0.1, 0.15) is 5.69 Å². The first-order valence-electron chi connectivity index (χ1n) is 8.24. The highest BCUT2D eigenvalue weighted by molar-refractivity contribution is 5.92. The van der Waals surface area contributed by atoms with Crippen LogP contribution < -0.4 is 4.90 Å². The molecular formula is C16H23N5O2. The van der Waals surface area contributed by atoms with Crippen LogP contribution in [0.1, 0.15) is 30.3 Å². The van der Waals surface area contributed by atoms with E-state index in [-0.39, 0.29) is 5.91 Å². The van der Waals surface area contributed by atoms with Gasteiger partial charge in [0.2, 0.25) is 12.4 Å². The summed E-state index contributed by atoms with van der Waals surface area (Å²) in [6.45, 7) is 6.54. The molecule has 3 heterocycles. The highest BCUT2D eigenvalue weighted by Crippen LogP contribution is 2.18. The molecule has 23 heavy (non-hydrogen) atoms. The van der Waals surface area contributed by atoms with Crippen molar-refractivity contribution in [1.82, 2.24) is 19.8 Å². The van der Waals surface area contributed by atoms with E-state index >= 15 is 0 Å². The molecule has 0 saturated carbocycles. The van der Waals surface area contributed by atoms with E-state index in [1.54, 1.807) is 17.2 Å². The zero-order valence-electron chi connectivity index (χ0n) is 13.5. The van der Waals surface area contributed by atoms with Crippen LogP contribution in [0.15, 0.2) is 12.3 Å². The van der Waals surface area contributed by atoms with Crippen LogP contribution in [-0.4, -0.2) is 71.4 Å². The zero-order chi connectivity index (χ0) is 16.2. The summed E-state index contributed by atoms with van der Waals surface area (Å²) in [5.41, 5.74) is 0.461. The number of amides is 2. The van der Waals surface area contributed by atoms with E-state index in [0.717, 1.165) is 32.3 Å². The molecule has 7 nitrogen and oxygen atoms in total. The second-order valence-corrected chi connectivity index (χ2v) is 6.35. The fraction of sp³-hybridized carbons (Fsp3) is 0.625. The molecule has 2 fully saturated rings. The van der Waals surface area contributed by atoms with Gasteiger partial charge in [-0.15, -0.1) is 0 Å². The van der Waals surface area contributed by atoms with Crippen molar-refractivity contribution in [3.8, 4) is 0 Å². The predicted molar refractivity (Wildman–Crippen MR) is 86.2 cm³/mol. The molecule has 3 rings (SSSR count). The van der Waals surface area contributed by atoms with Gasteiger partial charge in [-0.3, -0.25) is 9.59 Å². The van der Waals surface area contributed by atoms with Crippen molar-refractivity contribution in [2.24, 2.45) is 5.92 Å². The molecule has 0 bridgehead atoms. The van der Waals surface area contributed by atoms with E-state index < -0.39 is 0 Å². The highest BCUT2D eigenvalue weighted by Gasteiger charge is 2.24. The average Bonchev–Trinajstić information content (AvgIpc) is 2.62. The minimum Gasteiger partial charge on any atom is -0.342 e. The average molecular weight is 317 g/mol. The molecule has 2 aliphatic rings. The van der Waals surface area contributed by atoms with E-state index in [2.05, 4.69) is 16.9 Å². The molecule has 0 N–H and O–H groups in total. The van der Waals surface area contributed by atoms with Gasteiger partial charge in [0.25, 0.3) is 5.91 Å². The van der Waals surface area contributed by atoms with Gasteiger partial charge in [-0.2, -0.15) is 0 Å². The Bertz CT molecular complexity index is 563. The first-order chi connectivity index (χ1) is 11.2. The minimum atomic E-state index is -0.00734. The van der Waals surface area contributed by atoms with E-state index in [1.165, 1.54) is 0 Å². The molecule has 0 spiro atoms. The fourth-order valence-corrected chi connectivity index (χ4v) is 3.02. The van der Waals surface area contributed by atoms with Crippen LogP contribution in [0.25, 0.3) is 0 Å². The maximum Gasteiger partial charge on any atom is 0.272 e. The topological polar surface area (TPSA) is 69.6 Å². The van der Waals surface area contributed by atoms with Crippen molar-refractivity contribution in [3.63, 3.8) is 0 Å². The largest absolute Gasteiger partial charge is 0.342 e. The molecule has 0 unspecified atom stereocenters. The number of nitrogens with zero attached hydrogens (tertiary/aromatic N) is 5. The van der Waals surface area contributed by atoms with E-state index in [1.807, 2.05) is 9.80 Å². The standard InChI is InChI=1S/C16H23N5O2/c1-13-3-6-20(7-4-13)15(23)14-2-5-17-16(18-14)21-10-8-19(12-22)9-11-21/h2,5,12-13H,3-4,6-11H2,1H3. The molecule has 2 amide bonds. The lowest BCUT2D eigenvalue weighted by molar-refractivity contribution is -0.118. The lowest BCUT2D eigenvalue weighted by atomic mass is 9.99. The predicted octanol–water partition coefficient (Wildman–Crippen LogP) is 0.627. The number of rotatable bonds is 3. The van der Waals surface area contributed by atoms with Crippen LogP contribution >= 0.6 is 0 Å². The van der Waals surface area contributed by atoms with Gasteiger partial charge in [-0.1, -0.05) is 6.92 Å². The summed E-state index contributed by atoms with van der Waals surface area (Å²) < 4.78 is 0. The number of likely N-dealkylation sites (tertiary alicyclic amines) is 1. The summed E-state index contributed by atoms with van der Waals surface area (Å²) in [5.74, 6) is 1.26. The maximum absolute atomic E-state index is 12.6. The Kier molecular flexibility index (Phi) is 4.73. The second kappa shape index (κ2) is 6.93. The molecule has 0 atom stereocenters. The minimum absolute atomic E-state index is 0.00734. The third-order valence-electron chi connectivity index (χ3n) is 4.68. The first-order valence-corrected chi connectivity index (χ1v) is 8.24. The molecule has 124 valence electrons. The molecular weight excluding hydrogens is 294 g/mol. The monoisotopic (exact) mass is 317 g/mol. The summed E-state index contributed by atoms with van der Waals surface area (Å²) in [6, 6.07) is 1.69. The molecule has 2 saturated heterocycles. The number of carbonyl (C=O) groups is 2. The SMILES string of the molecule is CC1CCN(C(=O)c2ccnc(N3CCN(C=O)CC3)n2)CC1. The van der Waals surface area contributed by atoms with Gasteiger partial charge in [0.15, 0.2) is 0 Å². The molecule has 1 aromatic rings. The smallest absolute Gasteiger partial charge is 0.272 e. The van der Waals surface area contributed by atoms with Gasteiger partial charge < -0.3 is 14.7 Å². The lowest BCUT2D eigenvalue weighted by Gasteiger charge is -2.33. The Balaban J connectivity index is 1.67. The van der Waals surface area contributed by atoms with Crippen molar-refractivity contribution < 1.29 is 9.59 Å². The molecule has 0 radical (unpaired) electrons. The highest BCUT2D eigenvalue weighted by atomic mass is 16.2. The van der Waals surface area contributed by atoms with E-state index in [0.29, 0.717) is 43.7 Å². The summed E-state index contributed by atoms with van der Waals surface area (Å²) >= 11 is 0. The molecule has 2 aliphatic heterocycles. The van der Waals surface area contributed by atoms with Crippen LogP contribution in [0.4, 0.5) is 5.95 Å². The first kappa shape index (κ1) is 15.7. The van der Waals surface area contributed by atoms with E-state index in [9.17, 15) is 9.59 Å². The van der Waals surface area contributed by atoms with Crippen molar-refractivity contribution >= 4 is 18.3 Å². The van der Waals surface area contributed by atoms with Gasteiger partial charge in [0, 0.05) is 45.5 Å². The number of aromatic nitrogens is 2. The number of hydrogen-bond donors (Lipinski definition) is 0. The Hall–Kier alpha value is -2.18. The zero-order valence-corrected chi connectivity index (χ0v) is 13.5. The Morgan fingerprint density at radius 1 is 1.17 bits per heavy atom. The number of hydrogen-bond acceptors (Lipinski definition) is 5. The summed E-state index contributed by atoms with van der Waals surface area (Å²) in [6.07, 6.45) is 4.62. The van der Waals surface area contributed by atoms with Crippen LogP contribution in [-0.2, 0) is 4.79 Å². The number of anilines is 1. The summed E-state index contributed by atoms with van der Waals surface area (Å²) in [4.78, 5) is 37.8. The van der Waals surface area contributed by atoms with E-state index in [4.69, 9.17) is 0 Å². The summed E-state index contributed by atoms with van der Waals surface area (Å²) in [7, 11) is 0. The number of piperidine rings is 1. The normalized spacial score (nSPS) is 19.8. The van der Waals surface area contributed by atoms with Gasteiger partial charge in [0.05, 0.1) is 0 Å². The van der Waals surface area contributed by atoms with Crippen molar-refractivity contribution in [3.05, 3.63) is 18.0 Å². The van der Waals surface area contributed by atoms with Gasteiger partial charge in [-0.25, -0.2) is 9.97 Å². The Morgan fingerprint density at radius 2 is 1.87 bits per heavy atom. The van der Waals surface area contributed by atoms with Crippen molar-refractivity contribution in [2.45, 2.75) is 19.8 Å². The third-order valence-corrected chi connectivity index (χ3v) is 4.68. The van der Waals surface area contributed by atoms with Crippen molar-refractivity contribution in [2.75, 3.05) is 44.2 Å². The van der Waals surface area contributed by atoms with Crippen molar-refractivity contribution in [1.29, 1.82) is 0 Å². The summed E-state index contributed by atoms with van der Waals surface area (Å²) in [5, 5.41) is 0. The number of piperazine rings is 1.